The van der Waals surface area contributed by atoms with Crippen molar-refractivity contribution in [3.05, 3.63) is 35.9 Å². The SMILES string of the molecule is O=C1NC(=O)[C@@H]2CC[C@H](c3ccccc3)C[C@H]12. The van der Waals surface area contributed by atoms with Crippen molar-refractivity contribution < 1.29 is 9.59 Å². The van der Waals surface area contributed by atoms with Crippen molar-refractivity contribution in [3.63, 3.8) is 0 Å². The Kier molecular flexibility index (Phi) is 2.46. The highest BCUT2D eigenvalue weighted by atomic mass is 16.2. The molecule has 2 aliphatic rings. The molecule has 2 fully saturated rings. The minimum atomic E-state index is -0.0959. The molecule has 3 atom stereocenters. The molecule has 2 amide bonds. The molecule has 1 aliphatic carbocycles. The summed E-state index contributed by atoms with van der Waals surface area (Å²) < 4.78 is 0. The number of amides is 2. The second-order valence-corrected chi connectivity index (χ2v) is 4.99. The highest BCUT2D eigenvalue weighted by molar-refractivity contribution is 6.05. The average Bonchev–Trinajstić information content (AvgIpc) is 2.66. The smallest absolute Gasteiger partial charge is 0.230 e. The molecule has 1 aromatic carbocycles. The zero-order chi connectivity index (χ0) is 11.8. The number of carbonyl (C=O) groups is 2. The molecule has 3 nitrogen and oxygen atoms in total. The van der Waals surface area contributed by atoms with Crippen molar-refractivity contribution in [1.82, 2.24) is 5.32 Å². The topological polar surface area (TPSA) is 46.2 Å². The van der Waals surface area contributed by atoms with E-state index in [0.717, 1.165) is 19.3 Å². The molecule has 17 heavy (non-hydrogen) atoms. The normalized spacial score (nSPS) is 32.1. The van der Waals surface area contributed by atoms with E-state index in [2.05, 4.69) is 17.4 Å². The highest BCUT2D eigenvalue weighted by Gasteiger charge is 2.45. The van der Waals surface area contributed by atoms with Gasteiger partial charge in [-0.3, -0.25) is 14.9 Å². The molecule has 0 unspecified atom stereocenters. The quantitative estimate of drug-likeness (QED) is 0.747. The van der Waals surface area contributed by atoms with Crippen LogP contribution in [0.4, 0.5) is 0 Å². The van der Waals surface area contributed by atoms with Crippen LogP contribution in [0.25, 0.3) is 0 Å². The van der Waals surface area contributed by atoms with Gasteiger partial charge in [-0.15, -0.1) is 0 Å². The lowest BCUT2D eigenvalue weighted by Gasteiger charge is -2.29. The summed E-state index contributed by atoms with van der Waals surface area (Å²) >= 11 is 0. The molecule has 0 radical (unpaired) electrons. The van der Waals surface area contributed by atoms with Gasteiger partial charge in [0.15, 0.2) is 0 Å². The van der Waals surface area contributed by atoms with Crippen molar-refractivity contribution in [2.45, 2.75) is 25.2 Å². The van der Waals surface area contributed by atoms with Gasteiger partial charge >= 0.3 is 0 Å². The Bertz CT molecular complexity index is 455. The van der Waals surface area contributed by atoms with Gasteiger partial charge in [0.05, 0.1) is 11.8 Å². The van der Waals surface area contributed by atoms with Gasteiger partial charge in [0.1, 0.15) is 0 Å². The van der Waals surface area contributed by atoms with Gasteiger partial charge in [0, 0.05) is 0 Å². The van der Waals surface area contributed by atoms with Crippen molar-refractivity contribution >= 4 is 11.8 Å². The maximum absolute atomic E-state index is 11.7. The van der Waals surface area contributed by atoms with Gasteiger partial charge < -0.3 is 0 Å². The Morgan fingerprint density at radius 2 is 1.65 bits per heavy atom. The first-order valence-corrected chi connectivity index (χ1v) is 6.15. The number of fused-ring (bicyclic) bond motifs is 1. The average molecular weight is 229 g/mol. The molecule has 1 N–H and O–H groups in total. The largest absolute Gasteiger partial charge is 0.296 e. The zero-order valence-electron chi connectivity index (χ0n) is 9.56. The first-order chi connectivity index (χ1) is 8.25. The first-order valence-electron chi connectivity index (χ1n) is 6.15. The van der Waals surface area contributed by atoms with Crippen molar-refractivity contribution in [2.24, 2.45) is 11.8 Å². The van der Waals surface area contributed by atoms with E-state index in [1.165, 1.54) is 5.56 Å². The third kappa shape index (κ3) is 1.75. The molecular weight excluding hydrogens is 214 g/mol. The van der Waals surface area contributed by atoms with Crippen LogP contribution in [0.2, 0.25) is 0 Å². The van der Waals surface area contributed by atoms with Crippen LogP contribution in [0.15, 0.2) is 30.3 Å². The molecule has 1 aromatic rings. The van der Waals surface area contributed by atoms with Crippen molar-refractivity contribution in [1.29, 1.82) is 0 Å². The lowest BCUT2D eigenvalue weighted by molar-refractivity contribution is -0.126. The fourth-order valence-electron chi connectivity index (χ4n) is 3.11. The maximum Gasteiger partial charge on any atom is 0.230 e. The summed E-state index contributed by atoms with van der Waals surface area (Å²) in [7, 11) is 0. The molecule has 1 saturated carbocycles. The Morgan fingerprint density at radius 1 is 0.941 bits per heavy atom. The molecule has 1 saturated heterocycles. The predicted molar refractivity (Wildman–Crippen MR) is 63.2 cm³/mol. The predicted octanol–water partition coefficient (Wildman–Crippen LogP) is 1.84. The summed E-state index contributed by atoms with van der Waals surface area (Å²) in [5, 5.41) is 2.45. The summed E-state index contributed by atoms with van der Waals surface area (Å²) in [5.41, 5.74) is 1.29. The first kappa shape index (κ1) is 10.5. The summed E-state index contributed by atoms with van der Waals surface area (Å²) in [4.78, 5) is 23.2. The Labute approximate surface area is 100 Å². The van der Waals surface area contributed by atoms with Crippen molar-refractivity contribution in [2.75, 3.05) is 0 Å². The van der Waals surface area contributed by atoms with Gasteiger partial charge in [0.25, 0.3) is 0 Å². The van der Waals surface area contributed by atoms with Gasteiger partial charge in [0.2, 0.25) is 11.8 Å². The lowest BCUT2D eigenvalue weighted by Crippen LogP contribution is -2.26. The van der Waals surface area contributed by atoms with E-state index in [1.54, 1.807) is 0 Å². The number of rotatable bonds is 1. The molecule has 3 rings (SSSR count). The Balaban J connectivity index is 1.81. The summed E-state index contributed by atoms with van der Waals surface area (Å²) in [6.07, 6.45) is 2.65. The molecule has 0 spiro atoms. The highest BCUT2D eigenvalue weighted by Crippen LogP contribution is 2.41. The molecule has 0 aromatic heterocycles. The maximum atomic E-state index is 11.7. The number of nitrogens with one attached hydrogen (secondary N) is 1. The molecular formula is C14H15NO2. The second-order valence-electron chi connectivity index (χ2n) is 4.99. The van der Waals surface area contributed by atoms with Crippen LogP contribution in [0.5, 0.6) is 0 Å². The van der Waals surface area contributed by atoms with Gasteiger partial charge in [-0.2, -0.15) is 0 Å². The number of carbonyl (C=O) groups excluding carboxylic acids is 2. The van der Waals surface area contributed by atoms with Crippen LogP contribution in [-0.4, -0.2) is 11.8 Å². The van der Waals surface area contributed by atoms with Gasteiger partial charge in [-0.1, -0.05) is 30.3 Å². The Hall–Kier alpha value is -1.64. The molecule has 1 heterocycles. The molecule has 3 heteroatoms. The van der Waals surface area contributed by atoms with Crippen LogP contribution in [-0.2, 0) is 9.59 Å². The lowest BCUT2D eigenvalue weighted by atomic mass is 9.73. The van der Waals surface area contributed by atoms with E-state index in [4.69, 9.17) is 0 Å². The van der Waals surface area contributed by atoms with Crippen LogP contribution in [0.1, 0.15) is 30.7 Å². The van der Waals surface area contributed by atoms with E-state index in [9.17, 15) is 9.59 Å². The van der Waals surface area contributed by atoms with Crippen molar-refractivity contribution in [3.8, 4) is 0 Å². The Morgan fingerprint density at radius 3 is 2.41 bits per heavy atom. The summed E-state index contributed by atoms with van der Waals surface area (Å²) in [5.74, 6) is 0.130. The number of imide groups is 1. The third-order valence-corrected chi connectivity index (χ3v) is 4.04. The van der Waals surface area contributed by atoms with Crippen LogP contribution >= 0.6 is 0 Å². The van der Waals surface area contributed by atoms with E-state index in [0.29, 0.717) is 5.92 Å². The summed E-state index contributed by atoms with van der Waals surface area (Å²) in [6, 6.07) is 10.3. The second kappa shape index (κ2) is 3.99. The van der Waals surface area contributed by atoms with Gasteiger partial charge in [-0.05, 0) is 30.7 Å². The number of hydrogen-bond donors (Lipinski definition) is 1. The molecule has 88 valence electrons. The van der Waals surface area contributed by atoms with E-state index >= 15 is 0 Å². The van der Waals surface area contributed by atoms with E-state index in [-0.39, 0.29) is 23.7 Å². The van der Waals surface area contributed by atoms with E-state index < -0.39 is 0 Å². The van der Waals surface area contributed by atoms with E-state index in [1.807, 2.05) is 18.2 Å². The van der Waals surface area contributed by atoms with Crippen LogP contribution in [0.3, 0.4) is 0 Å². The monoisotopic (exact) mass is 229 g/mol. The zero-order valence-corrected chi connectivity index (χ0v) is 9.56. The third-order valence-electron chi connectivity index (χ3n) is 4.04. The number of hydrogen-bond acceptors (Lipinski definition) is 2. The standard InChI is InChI=1S/C14H15NO2/c16-13-11-7-6-10(8-12(11)14(17)15-13)9-4-2-1-3-5-9/h1-5,10-12H,6-8H2,(H,15,16,17)/t10-,11+,12-/m0/s1. The fourth-order valence-corrected chi connectivity index (χ4v) is 3.11. The van der Waals surface area contributed by atoms with Crippen LogP contribution in [0, 0.1) is 11.8 Å². The molecule has 1 aliphatic heterocycles. The molecule has 0 bridgehead atoms. The fraction of sp³-hybridized carbons (Fsp3) is 0.429. The minimum Gasteiger partial charge on any atom is -0.296 e. The summed E-state index contributed by atoms with van der Waals surface area (Å²) in [6.45, 7) is 0. The number of benzene rings is 1. The van der Waals surface area contributed by atoms with Crippen LogP contribution < -0.4 is 5.32 Å². The van der Waals surface area contributed by atoms with Gasteiger partial charge in [-0.25, -0.2) is 0 Å². The minimum absolute atomic E-state index is 0.0634.